The second kappa shape index (κ2) is 9.72. The molecule has 2 aliphatic rings. The van der Waals surface area contributed by atoms with Crippen molar-refractivity contribution in [3.63, 3.8) is 0 Å². The van der Waals surface area contributed by atoms with Gasteiger partial charge in [0.15, 0.2) is 0 Å². The van der Waals surface area contributed by atoms with Crippen molar-refractivity contribution in [3.8, 4) is 0 Å². The first-order valence-corrected chi connectivity index (χ1v) is 12.2. The van der Waals surface area contributed by atoms with Gasteiger partial charge in [-0.1, -0.05) is 54.1 Å². The van der Waals surface area contributed by atoms with Crippen LogP contribution in [-0.2, 0) is 13.0 Å². The second-order valence-electron chi connectivity index (χ2n) is 9.37. The maximum absolute atomic E-state index is 13.5. The van der Waals surface area contributed by atoms with E-state index in [4.69, 9.17) is 0 Å². The van der Waals surface area contributed by atoms with Crippen LogP contribution in [0.3, 0.4) is 0 Å². The molecule has 0 bridgehead atoms. The van der Waals surface area contributed by atoms with E-state index in [1.54, 1.807) is 0 Å². The van der Waals surface area contributed by atoms with Gasteiger partial charge in [-0.15, -0.1) is 0 Å². The maximum Gasteiger partial charge on any atom is 0.256 e. The highest BCUT2D eigenvalue weighted by Crippen LogP contribution is 2.28. The van der Waals surface area contributed by atoms with Gasteiger partial charge in [-0.3, -0.25) is 9.59 Å². The number of carbonyl (C=O) groups is 2. The molecule has 1 fully saturated rings. The van der Waals surface area contributed by atoms with Crippen LogP contribution in [0.2, 0.25) is 0 Å². The Bertz CT molecular complexity index is 1200. The lowest BCUT2D eigenvalue weighted by molar-refractivity contribution is 0.0735. The highest BCUT2D eigenvalue weighted by atomic mass is 16.2. The first-order chi connectivity index (χ1) is 16.6. The fourth-order valence-corrected chi connectivity index (χ4v) is 5.09. The quantitative estimate of drug-likeness (QED) is 0.629. The first kappa shape index (κ1) is 22.2. The first-order valence-electron chi connectivity index (χ1n) is 12.2. The van der Waals surface area contributed by atoms with Gasteiger partial charge < -0.3 is 15.1 Å². The molecule has 0 unspecified atom stereocenters. The van der Waals surface area contributed by atoms with Crippen LogP contribution in [0.4, 0.5) is 5.69 Å². The maximum atomic E-state index is 13.5. The Labute approximate surface area is 201 Å². The summed E-state index contributed by atoms with van der Waals surface area (Å²) >= 11 is 0. The van der Waals surface area contributed by atoms with Crippen LogP contribution < -0.4 is 10.2 Å². The SMILES string of the molecule is Cc1cccc(C(=O)NC2CCN(c3ccccc3C(=O)N3CCc4ccccc4C3)CC2)c1. The Morgan fingerprint density at radius 2 is 1.59 bits per heavy atom. The normalized spacial score (nSPS) is 16.1. The van der Waals surface area contributed by atoms with Crippen LogP contribution in [0.25, 0.3) is 0 Å². The van der Waals surface area contributed by atoms with Gasteiger partial charge in [0.1, 0.15) is 0 Å². The monoisotopic (exact) mass is 453 g/mol. The minimum atomic E-state index is -0.0110. The van der Waals surface area contributed by atoms with Gasteiger partial charge in [-0.2, -0.15) is 0 Å². The van der Waals surface area contributed by atoms with Crippen LogP contribution in [0.15, 0.2) is 72.8 Å². The van der Waals surface area contributed by atoms with Crippen LogP contribution >= 0.6 is 0 Å². The van der Waals surface area contributed by atoms with E-state index in [9.17, 15) is 9.59 Å². The Morgan fingerprint density at radius 1 is 0.853 bits per heavy atom. The molecule has 0 atom stereocenters. The highest BCUT2D eigenvalue weighted by Gasteiger charge is 2.27. The molecule has 5 heteroatoms. The number of nitrogens with zero attached hydrogens (tertiary/aromatic N) is 2. The smallest absolute Gasteiger partial charge is 0.256 e. The van der Waals surface area contributed by atoms with Crippen molar-refractivity contribution in [2.45, 2.75) is 38.8 Å². The van der Waals surface area contributed by atoms with Crippen molar-refractivity contribution in [2.24, 2.45) is 0 Å². The van der Waals surface area contributed by atoms with E-state index in [1.807, 2.05) is 60.4 Å². The molecule has 0 aliphatic carbocycles. The molecule has 0 aromatic heterocycles. The lowest BCUT2D eigenvalue weighted by Crippen LogP contribution is -2.45. The number of hydrogen-bond acceptors (Lipinski definition) is 3. The number of piperidine rings is 1. The Morgan fingerprint density at radius 3 is 2.38 bits per heavy atom. The van der Waals surface area contributed by atoms with E-state index < -0.39 is 0 Å². The van der Waals surface area contributed by atoms with Crippen LogP contribution in [0.1, 0.15) is 50.2 Å². The number of hydrogen-bond donors (Lipinski definition) is 1. The third-order valence-corrected chi connectivity index (χ3v) is 7.00. The molecular weight excluding hydrogens is 422 g/mol. The molecule has 0 radical (unpaired) electrons. The minimum Gasteiger partial charge on any atom is -0.371 e. The average Bonchev–Trinajstić information content (AvgIpc) is 2.88. The van der Waals surface area contributed by atoms with Crippen molar-refractivity contribution < 1.29 is 9.59 Å². The molecule has 0 spiro atoms. The van der Waals surface area contributed by atoms with Crippen molar-refractivity contribution in [2.75, 3.05) is 24.5 Å². The molecule has 34 heavy (non-hydrogen) atoms. The summed E-state index contributed by atoms with van der Waals surface area (Å²) < 4.78 is 0. The molecule has 5 rings (SSSR count). The zero-order valence-corrected chi connectivity index (χ0v) is 19.7. The average molecular weight is 454 g/mol. The molecule has 0 saturated carbocycles. The number of fused-ring (bicyclic) bond motifs is 1. The highest BCUT2D eigenvalue weighted by molar-refractivity contribution is 6.00. The number of nitrogens with one attached hydrogen (secondary N) is 1. The van der Waals surface area contributed by atoms with Gasteiger partial charge in [0.2, 0.25) is 0 Å². The van der Waals surface area contributed by atoms with Crippen molar-refractivity contribution in [1.29, 1.82) is 0 Å². The second-order valence-corrected chi connectivity index (χ2v) is 9.37. The molecule has 2 amide bonds. The summed E-state index contributed by atoms with van der Waals surface area (Å²) in [6.07, 6.45) is 2.62. The van der Waals surface area contributed by atoms with Crippen LogP contribution in [0, 0.1) is 6.92 Å². The number of rotatable bonds is 4. The van der Waals surface area contributed by atoms with Gasteiger partial charge in [0, 0.05) is 43.5 Å². The van der Waals surface area contributed by atoms with Gasteiger partial charge in [-0.05, 0) is 61.6 Å². The summed E-state index contributed by atoms with van der Waals surface area (Å²) in [5.41, 5.74) is 6.14. The van der Waals surface area contributed by atoms with E-state index in [2.05, 4.69) is 34.5 Å². The Balaban J connectivity index is 1.24. The third-order valence-electron chi connectivity index (χ3n) is 7.00. The Kier molecular flexibility index (Phi) is 6.35. The van der Waals surface area contributed by atoms with Gasteiger partial charge in [-0.25, -0.2) is 0 Å². The molecule has 2 heterocycles. The van der Waals surface area contributed by atoms with E-state index in [0.29, 0.717) is 12.1 Å². The van der Waals surface area contributed by atoms with Crippen LogP contribution in [0.5, 0.6) is 0 Å². The summed E-state index contributed by atoms with van der Waals surface area (Å²) in [6, 6.07) is 24.2. The molecule has 3 aromatic carbocycles. The summed E-state index contributed by atoms with van der Waals surface area (Å²) in [4.78, 5) is 30.4. The van der Waals surface area contributed by atoms with E-state index in [0.717, 1.165) is 55.7 Å². The molecule has 2 aliphatic heterocycles. The molecule has 5 nitrogen and oxygen atoms in total. The standard InChI is InChI=1S/C29H31N3O2/c1-21-7-6-10-23(19-21)28(33)30-25-14-17-31(18-15-25)27-12-5-4-11-26(27)29(34)32-16-13-22-8-2-3-9-24(22)20-32/h2-12,19,25H,13-18,20H2,1H3,(H,30,33). The number of amides is 2. The van der Waals surface area contributed by atoms with Crippen molar-refractivity contribution in [3.05, 3.63) is 101 Å². The lowest BCUT2D eigenvalue weighted by Gasteiger charge is -2.36. The van der Waals surface area contributed by atoms with Gasteiger partial charge in [0.25, 0.3) is 11.8 Å². The topological polar surface area (TPSA) is 52.7 Å². The largest absolute Gasteiger partial charge is 0.371 e. The molecular formula is C29H31N3O2. The van der Waals surface area contributed by atoms with E-state index in [1.165, 1.54) is 11.1 Å². The number of carbonyl (C=O) groups excluding carboxylic acids is 2. The summed E-state index contributed by atoms with van der Waals surface area (Å²) in [5.74, 6) is 0.0862. The van der Waals surface area contributed by atoms with E-state index >= 15 is 0 Å². The third kappa shape index (κ3) is 4.69. The predicted octanol–water partition coefficient (Wildman–Crippen LogP) is 4.59. The fourth-order valence-electron chi connectivity index (χ4n) is 5.09. The Hall–Kier alpha value is -3.60. The molecule has 3 aromatic rings. The number of aryl methyl sites for hydroxylation is 1. The lowest BCUT2D eigenvalue weighted by atomic mass is 9.98. The van der Waals surface area contributed by atoms with E-state index in [-0.39, 0.29) is 17.9 Å². The zero-order chi connectivity index (χ0) is 23.5. The van der Waals surface area contributed by atoms with Gasteiger partial charge >= 0.3 is 0 Å². The fraction of sp³-hybridized carbons (Fsp3) is 0.310. The molecule has 1 saturated heterocycles. The predicted molar refractivity (Wildman–Crippen MR) is 135 cm³/mol. The van der Waals surface area contributed by atoms with Crippen molar-refractivity contribution in [1.82, 2.24) is 10.2 Å². The van der Waals surface area contributed by atoms with Gasteiger partial charge in [0.05, 0.1) is 5.56 Å². The summed E-state index contributed by atoms with van der Waals surface area (Å²) in [7, 11) is 0. The minimum absolute atomic E-state index is 0.0110. The van der Waals surface area contributed by atoms with Crippen molar-refractivity contribution >= 4 is 17.5 Å². The molecule has 1 N–H and O–H groups in total. The summed E-state index contributed by atoms with van der Waals surface area (Å²) in [6.45, 7) is 5.03. The number of anilines is 1. The number of para-hydroxylation sites is 1. The molecule has 174 valence electrons. The summed E-state index contributed by atoms with van der Waals surface area (Å²) in [5, 5.41) is 3.19. The zero-order valence-electron chi connectivity index (χ0n) is 19.7. The van der Waals surface area contributed by atoms with Crippen LogP contribution in [-0.4, -0.2) is 42.4 Å². The number of benzene rings is 3.